The van der Waals surface area contributed by atoms with E-state index in [1.165, 1.54) is 6.07 Å². The van der Waals surface area contributed by atoms with Crippen LogP contribution in [0.3, 0.4) is 0 Å². The largest absolute Gasteiger partial charge is 0.433 e. The van der Waals surface area contributed by atoms with Crippen LogP contribution in [-0.4, -0.2) is 28.6 Å². The number of nitrogens with two attached hydrogens (primary N) is 1. The molecule has 1 aromatic rings. The average Bonchev–Trinajstić information content (AvgIpc) is 2.35. The fourth-order valence-electron chi connectivity index (χ4n) is 2.42. The maximum atomic E-state index is 12.8. The van der Waals surface area contributed by atoms with E-state index in [0.717, 1.165) is 6.07 Å². The summed E-state index contributed by atoms with van der Waals surface area (Å²) in [4.78, 5) is 5.74. The number of pyridine rings is 1. The van der Waals surface area contributed by atoms with Crippen LogP contribution < -0.4 is 10.6 Å². The fourth-order valence-corrected chi connectivity index (χ4v) is 3.74. The first-order valence-electron chi connectivity index (χ1n) is 6.49. The molecule has 1 aromatic heterocycles. The Morgan fingerprint density at radius 1 is 1.30 bits per heavy atom. The van der Waals surface area contributed by atoms with Crippen molar-refractivity contribution >= 4 is 17.6 Å². The number of thioether (sulfide) groups is 1. The summed E-state index contributed by atoms with van der Waals surface area (Å²) < 4.78 is 38.4. The second kappa shape index (κ2) is 5.81. The fraction of sp³-hybridized carbons (Fsp3) is 0.615. The molecule has 2 rings (SSSR count). The van der Waals surface area contributed by atoms with Crippen molar-refractivity contribution < 1.29 is 13.2 Å². The summed E-state index contributed by atoms with van der Waals surface area (Å²) in [6.45, 7) is 5.71. The van der Waals surface area contributed by atoms with Crippen molar-refractivity contribution in [2.45, 2.75) is 37.1 Å². The quantitative estimate of drug-likeness (QED) is 0.912. The van der Waals surface area contributed by atoms with E-state index in [4.69, 9.17) is 5.73 Å². The van der Waals surface area contributed by atoms with Crippen LogP contribution in [0.5, 0.6) is 0 Å². The minimum Gasteiger partial charge on any atom is -0.354 e. The molecule has 0 aliphatic carbocycles. The van der Waals surface area contributed by atoms with Gasteiger partial charge in [-0.25, -0.2) is 4.98 Å². The lowest BCUT2D eigenvalue weighted by Crippen LogP contribution is -2.41. The summed E-state index contributed by atoms with van der Waals surface area (Å²) in [6.07, 6.45) is -4.43. The first kappa shape index (κ1) is 15.4. The topological polar surface area (TPSA) is 42.2 Å². The van der Waals surface area contributed by atoms with Crippen LogP contribution in [0, 0.1) is 0 Å². The minimum absolute atomic E-state index is 0.187. The zero-order chi connectivity index (χ0) is 14.9. The third-order valence-electron chi connectivity index (χ3n) is 3.19. The van der Waals surface area contributed by atoms with Gasteiger partial charge in [-0.2, -0.15) is 24.9 Å². The van der Waals surface area contributed by atoms with E-state index in [0.29, 0.717) is 35.0 Å². The molecule has 0 aromatic carbocycles. The van der Waals surface area contributed by atoms with Crippen LogP contribution >= 0.6 is 11.8 Å². The standard InChI is InChI=1S/C13H18F3N3S/c1-8-6-19(7-9(2)20-8)12-10(5-17)3-4-11(18-12)13(14,15)16/h3-4,8-9H,5-7,17H2,1-2H3. The molecule has 7 heteroatoms. The van der Waals surface area contributed by atoms with Gasteiger partial charge in [0.05, 0.1) is 0 Å². The number of nitrogens with zero attached hydrogens (tertiary/aromatic N) is 2. The number of halogens is 3. The summed E-state index contributed by atoms with van der Waals surface area (Å²) in [5, 5.41) is 0.724. The minimum atomic E-state index is -4.43. The molecule has 1 aliphatic heterocycles. The molecule has 1 fully saturated rings. The molecule has 0 bridgehead atoms. The van der Waals surface area contributed by atoms with Crippen molar-refractivity contribution in [2.24, 2.45) is 5.73 Å². The predicted octanol–water partition coefficient (Wildman–Crippen LogP) is 2.89. The van der Waals surface area contributed by atoms with Gasteiger partial charge in [0.1, 0.15) is 11.5 Å². The Morgan fingerprint density at radius 2 is 1.90 bits per heavy atom. The van der Waals surface area contributed by atoms with E-state index < -0.39 is 11.9 Å². The Morgan fingerprint density at radius 3 is 2.40 bits per heavy atom. The number of hydrogen-bond donors (Lipinski definition) is 1. The van der Waals surface area contributed by atoms with E-state index in [2.05, 4.69) is 18.8 Å². The molecule has 1 aliphatic rings. The highest BCUT2D eigenvalue weighted by atomic mass is 32.2. The van der Waals surface area contributed by atoms with Gasteiger partial charge >= 0.3 is 6.18 Å². The highest BCUT2D eigenvalue weighted by molar-refractivity contribution is 8.00. The Balaban J connectivity index is 2.37. The lowest BCUT2D eigenvalue weighted by Gasteiger charge is -2.36. The monoisotopic (exact) mass is 305 g/mol. The molecule has 2 unspecified atom stereocenters. The summed E-state index contributed by atoms with van der Waals surface area (Å²) in [7, 11) is 0. The van der Waals surface area contributed by atoms with Gasteiger partial charge < -0.3 is 10.6 Å². The molecule has 20 heavy (non-hydrogen) atoms. The summed E-state index contributed by atoms with van der Waals surface area (Å²) in [5.41, 5.74) is 5.43. The highest BCUT2D eigenvalue weighted by Gasteiger charge is 2.34. The van der Waals surface area contributed by atoms with Gasteiger partial charge in [0.25, 0.3) is 0 Å². The molecular weight excluding hydrogens is 287 g/mol. The van der Waals surface area contributed by atoms with E-state index in [1.54, 1.807) is 0 Å². The summed E-state index contributed by atoms with van der Waals surface area (Å²) in [5.74, 6) is 0.376. The highest BCUT2D eigenvalue weighted by Crippen LogP contribution is 2.33. The van der Waals surface area contributed by atoms with Gasteiger partial charge in [-0.1, -0.05) is 19.9 Å². The smallest absolute Gasteiger partial charge is 0.354 e. The first-order valence-corrected chi connectivity index (χ1v) is 7.43. The van der Waals surface area contributed by atoms with Crippen LogP contribution in [0.25, 0.3) is 0 Å². The maximum absolute atomic E-state index is 12.8. The molecule has 2 heterocycles. The van der Waals surface area contributed by atoms with E-state index in [1.807, 2.05) is 16.7 Å². The Bertz CT molecular complexity index is 468. The third-order valence-corrected chi connectivity index (χ3v) is 4.41. The predicted molar refractivity (Wildman–Crippen MR) is 75.9 cm³/mol. The van der Waals surface area contributed by atoms with Gasteiger partial charge in [-0.3, -0.25) is 0 Å². The first-order chi connectivity index (χ1) is 9.31. The Hall–Kier alpha value is -0.950. The van der Waals surface area contributed by atoms with Gasteiger partial charge in [0.15, 0.2) is 0 Å². The normalized spacial score (nSPS) is 24.0. The molecule has 2 atom stereocenters. The molecule has 0 saturated carbocycles. The van der Waals surface area contributed by atoms with Crippen molar-refractivity contribution in [1.29, 1.82) is 0 Å². The van der Waals surface area contributed by atoms with Crippen LogP contribution in [0.2, 0.25) is 0 Å². The zero-order valence-electron chi connectivity index (χ0n) is 11.4. The number of aromatic nitrogens is 1. The van der Waals surface area contributed by atoms with Crippen molar-refractivity contribution in [2.75, 3.05) is 18.0 Å². The number of rotatable bonds is 2. The van der Waals surface area contributed by atoms with Crippen LogP contribution in [-0.2, 0) is 12.7 Å². The van der Waals surface area contributed by atoms with Crippen molar-refractivity contribution in [3.63, 3.8) is 0 Å². The molecule has 0 radical (unpaired) electrons. The number of alkyl halides is 3. The van der Waals surface area contributed by atoms with Gasteiger partial charge in [-0.05, 0) is 6.07 Å². The lowest BCUT2D eigenvalue weighted by molar-refractivity contribution is -0.141. The second-order valence-corrected chi connectivity index (χ2v) is 6.93. The SMILES string of the molecule is CC1CN(c2nc(C(F)(F)F)ccc2CN)CC(C)S1. The van der Waals surface area contributed by atoms with Crippen molar-refractivity contribution in [3.8, 4) is 0 Å². The third kappa shape index (κ3) is 3.38. The van der Waals surface area contributed by atoms with E-state index in [9.17, 15) is 13.2 Å². The zero-order valence-corrected chi connectivity index (χ0v) is 12.3. The molecule has 2 N–H and O–H groups in total. The van der Waals surface area contributed by atoms with Gasteiger partial charge in [0, 0.05) is 35.7 Å². The van der Waals surface area contributed by atoms with Crippen LogP contribution in [0.15, 0.2) is 12.1 Å². The molecule has 112 valence electrons. The molecule has 0 spiro atoms. The molecule has 1 saturated heterocycles. The molecule has 3 nitrogen and oxygen atoms in total. The van der Waals surface area contributed by atoms with Crippen LogP contribution in [0.1, 0.15) is 25.1 Å². The van der Waals surface area contributed by atoms with E-state index in [-0.39, 0.29) is 6.54 Å². The van der Waals surface area contributed by atoms with Crippen molar-refractivity contribution in [3.05, 3.63) is 23.4 Å². The second-order valence-electron chi connectivity index (χ2n) is 5.04. The number of anilines is 1. The molecule has 0 amide bonds. The van der Waals surface area contributed by atoms with Crippen molar-refractivity contribution in [1.82, 2.24) is 4.98 Å². The lowest BCUT2D eigenvalue weighted by atomic mass is 10.2. The maximum Gasteiger partial charge on any atom is 0.433 e. The van der Waals surface area contributed by atoms with Gasteiger partial charge in [-0.15, -0.1) is 0 Å². The summed E-state index contributed by atoms with van der Waals surface area (Å²) in [6, 6.07) is 2.43. The molecular formula is C13H18F3N3S. The van der Waals surface area contributed by atoms with Crippen LogP contribution in [0.4, 0.5) is 19.0 Å². The Kier molecular flexibility index (Phi) is 4.49. The average molecular weight is 305 g/mol. The van der Waals surface area contributed by atoms with E-state index >= 15 is 0 Å². The number of hydrogen-bond acceptors (Lipinski definition) is 4. The van der Waals surface area contributed by atoms with Gasteiger partial charge in [0.2, 0.25) is 0 Å². The Labute approximate surface area is 120 Å². The summed E-state index contributed by atoms with van der Waals surface area (Å²) >= 11 is 1.84.